The van der Waals surface area contributed by atoms with Gasteiger partial charge in [0.2, 0.25) is 0 Å². The first kappa shape index (κ1) is 28.8. The van der Waals surface area contributed by atoms with E-state index in [1.807, 2.05) is 20.8 Å². The molecular formula is C25H38N2O7S. The molecule has 0 bridgehead atoms. The summed E-state index contributed by atoms with van der Waals surface area (Å²) < 4.78 is 36.7. The number of aryl methyl sites for hydroxylation is 1. The van der Waals surface area contributed by atoms with Gasteiger partial charge in [0.1, 0.15) is 28.6 Å². The van der Waals surface area contributed by atoms with Crippen molar-refractivity contribution in [3.05, 3.63) is 23.8 Å². The van der Waals surface area contributed by atoms with Crippen molar-refractivity contribution in [1.29, 1.82) is 0 Å². The molecule has 196 valence electrons. The molecule has 1 amide bonds. The predicted molar refractivity (Wildman–Crippen MR) is 133 cm³/mol. The summed E-state index contributed by atoms with van der Waals surface area (Å²) in [4.78, 5) is 36.4. The second kappa shape index (κ2) is 12.0. The Morgan fingerprint density at radius 3 is 2.57 bits per heavy atom. The SMILES string of the molecule is COC(=O)[C@@H]1CCCN1S(=O)(=NC(=O)OC(C)(C)C)c1ccc(C)cc1O[C@@H](C)C[C@H](C)CC=O. The van der Waals surface area contributed by atoms with E-state index in [0.29, 0.717) is 31.4 Å². The van der Waals surface area contributed by atoms with Crippen LogP contribution in [0.15, 0.2) is 27.5 Å². The minimum atomic E-state index is -3.65. The monoisotopic (exact) mass is 510 g/mol. The molecule has 9 nitrogen and oxygen atoms in total. The van der Waals surface area contributed by atoms with Crippen LogP contribution in [0, 0.1) is 12.8 Å². The van der Waals surface area contributed by atoms with E-state index >= 15 is 0 Å². The molecular weight excluding hydrogens is 472 g/mol. The molecule has 1 aromatic carbocycles. The number of ether oxygens (including phenoxy) is 3. The highest BCUT2D eigenvalue weighted by atomic mass is 32.2. The topological polar surface area (TPSA) is 112 Å². The summed E-state index contributed by atoms with van der Waals surface area (Å²) in [5.41, 5.74) is 0.0191. The fraction of sp³-hybridized carbons (Fsp3) is 0.640. The van der Waals surface area contributed by atoms with Crippen LogP contribution < -0.4 is 4.74 Å². The van der Waals surface area contributed by atoms with Crippen molar-refractivity contribution in [1.82, 2.24) is 4.31 Å². The summed E-state index contributed by atoms with van der Waals surface area (Å²) in [6.07, 6.45) is 1.61. The first-order valence-electron chi connectivity index (χ1n) is 11.9. The van der Waals surface area contributed by atoms with Gasteiger partial charge >= 0.3 is 12.1 Å². The zero-order valence-corrected chi connectivity index (χ0v) is 22.6. The molecule has 1 aliphatic rings. The second-order valence-electron chi connectivity index (χ2n) is 10.0. The molecule has 0 saturated carbocycles. The smallest absolute Gasteiger partial charge is 0.443 e. The molecule has 0 aliphatic carbocycles. The van der Waals surface area contributed by atoms with Crippen LogP contribution in [0.3, 0.4) is 0 Å². The number of rotatable bonds is 9. The summed E-state index contributed by atoms with van der Waals surface area (Å²) in [5, 5.41) is 0. The quantitative estimate of drug-likeness (QED) is 0.350. The number of esters is 1. The van der Waals surface area contributed by atoms with Crippen molar-refractivity contribution >= 4 is 28.3 Å². The Balaban J connectivity index is 2.62. The molecule has 35 heavy (non-hydrogen) atoms. The number of nitrogens with zero attached hydrogens (tertiary/aromatic N) is 2. The van der Waals surface area contributed by atoms with E-state index in [1.165, 1.54) is 11.4 Å². The highest BCUT2D eigenvalue weighted by Gasteiger charge is 2.41. The largest absolute Gasteiger partial charge is 0.489 e. The number of methoxy groups -OCH3 is 1. The van der Waals surface area contributed by atoms with Crippen LogP contribution in [0.5, 0.6) is 5.75 Å². The Bertz CT molecular complexity index is 1040. The lowest BCUT2D eigenvalue weighted by Gasteiger charge is -2.28. The molecule has 2 rings (SSSR count). The molecule has 1 aromatic rings. The number of aldehydes is 1. The standard InChI is InChI=1S/C25H38N2O7S/c1-17-10-11-22(21(16-17)33-19(3)15-18(2)12-14-28)35(31,26-24(30)34-25(4,5)6)27-13-8-9-20(27)23(29)32-7/h10-11,14,16,18-20H,8-9,12-13,15H2,1-7H3/t18-,19+,20+,35?/m1/s1. The van der Waals surface area contributed by atoms with Crippen molar-refractivity contribution in [3.8, 4) is 5.75 Å². The average Bonchev–Trinajstić information content (AvgIpc) is 3.22. The Labute approximate surface area is 208 Å². The van der Waals surface area contributed by atoms with Crippen LogP contribution in [0.2, 0.25) is 0 Å². The molecule has 0 spiro atoms. The van der Waals surface area contributed by atoms with Gasteiger partial charge in [0.15, 0.2) is 9.92 Å². The van der Waals surface area contributed by atoms with Gasteiger partial charge in [0.05, 0.1) is 13.2 Å². The molecule has 1 heterocycles. The molecule has 10 heteroatoms. The van der Waals surface area contributed by atoms with Gasteiger partial charge in [-0.05, 0) is 77.5 Å². The highest BCUT2D eigenvalue weighted by Crippen LogP contribution is 2.36. The molecule has 0 N–H and O–H groups in total. The third-order valence-electron chi connectivity index (χ3n) is 5.53. The lowest BCUT2D eigenvalue weighted by Crippen LogP contribution is -2.41. The van der Waals surface area contributed by atoms with Crippen molar-refractivity contribution in [2.24, 2.45) is 10.3 Å². The van der Waals surface area contributed by atoms with Crippen molar-refractivity contribution in [2.75, 3.05) is 13.7 Å². The van der Waals surface area contributed by atoms with E-state index in [2.05, 4.69) is 4.36 Å². The molecule has 0 radical (unpaired) electrons. The van der Waals surface area contributed by atoms with Gasteiger partial charge < -0.3 is 19.0 Å². The first-order chi connectivity index (χ1) is 16.3. The number of amides is 1. The Kier molecular flexibility index (Phi) is 9.85. The van der Waals surface area contributed by atoms with E-state index in [0.717, 1.165) is 11.8 Å². The van der Waals surface area contributed by atoms with E-state index < -0.39 is 33.6 Å². The highest BCUT2D eigenvalue weighted by molar-refractivity contribution is 7.91. The minimum absolute atomic E-state index is 0.105. The van der Waals surface area contributed by atoms with Gasteiger partial charge in [-0.15, -0.1) is 4.36 Å². The Morgan fingerprint density at radius 1 is 1.29 bits per heavy atom. The summed E-state index contributed by atoms with van der Waals surface area (Å²) in [7, 11) is -2.38. The molecule has 1 aliphatic heterocycles. The number of hydrogen-bond acceptors (Lipinski definition) is 7. The van der Waals surface area contributed by atoms with Gasteiger partial charge in [-0.3, -0.25) is 4.79 Å². The molecule has 1 fully saturated rings. The molecule has 1 unspecified atom stereocenters. The average molecular weight is 511 g/mol. The van der Waals surface area contributed by atoms with E-state index in [9.17, 15) is 18.6 Å². The molecule has 0 aromatic heterocycles. The Morgan fingerprint density at radius 2 is 1.97 bits per heavy atom. The fourth-order valence-corrected chi connectivity index (χ4v) is 6.26. The zero-order valence-electron chi connectivity index (χ0n) is 21.7. The van der Waals surface area contributed by atoms with Crippen LogP contribution in [0.1, 0.15) is 65.9 Å². The van der Waals surface area contributed by atoms with Gasteiger partial charge in [0.25, 0.3) is 0 Å². The number of hydrogen-bond donors (Lipinski definition) is 0. The number of carbonyl (C=O) groups excluding carboxylic acids is 3. The summed E-state index contributed by atoms with van der Waals surface area (Å²) in [6, 6.07) is 4.30. The normalized spacial score (nSPS) is 19.8. The maximum absolute atomic E-state index is 14.7. The van der Waals surface area contributed by atoms with Crippen LogP contribution in [-0.4, -0.2) is 58.3 Å². The lowest BCUT2D eigenvalue weighted by molar-refractivity contribution is -0.144. The van der Waals surface area contributed by atoms with Crippen LogP contribution in [0.25, 0.3) is 0 Å². The minimum Gasteiger partial charge on any atom is -0.489 e. The van der Waals surface area contributed by atoms with E-state index in [-0.39, 0.29) is 23.5 Å². The fourth-order valence-electron chi connectivity index (χ4n) is 4.04. The summed E-state index contributed by atoms with van der Waals surface area (Å²) >= 11 is 0. The lowest BCUT2D eigenvalue weighted by atomic mass is 10.0. The number of benzene rings is 1. The number of carbonyl (C=O) groups is 3. The van der Waals surface area contributed by atoms with Crippen molar-refractivity contribution < 1.29 is 32.8 Å². The zero-order chi connectivity index (χ0) is 26.4. The van der Waals surface area contributed by atoms with Gasteiger partial charge in [-0.1, -0.05) is 13.0 Å². The first-order valence-corrected chi connectivity index (χ1v) is 13.3. The molecule has 1 saturated heterocycles. The van der Waals surface area contributed by atoms with Crippen molar-refractivity contribution in [2.45, 2.75) is 89.9 Å². The van der Waals surface area contributed by atoms with Crippen LogP contribution in [0.4, 0.5) is 4.79 Å². The third kappa shape index (κ3) is 7.76. The van der Waals surface area contributed by atoms with Gasteiger partial charge in [-0.2, -0.15) is 4.31 Å². The summed E-state index contributed by atoms with van der Waals surface area (Å²) in [6.45, 7) is 11.1. The summed E-state index contributed by atoms with van der Waals surface area (Å²) in [5.74, 6) is -0.127. The van der Waals surface area contributed by atoms with Crippen LogP contribution in [-0.2, 0) is 29.0 Å². The van der Waals surface area contributed by atoms with Gasteiger partial charge in [0, 0.05) is 13.0 Å². The molecule has 4 atom stereocenters. The second-order valence-corrected chi connectivity index (χ2v) is 12.1. The third-order valence-corrected chi connectivity index (χ3v) is 7.91. The van der Waals surface area contributed by atoms with Crippen LogP contribution >= 0.6 is 0 Å². The van der Waals surface area contributed by atoms with E-state index in [1.54, 1.807) is 39.0 Å². The van der Waals surface area contributed by atoms with Gasteiger partial charge in [-0.25, -0.2) is 9.00 Å². The maximum atomic E-state index is 14.7. The van der Waals surface area contributed by atoms with E-state index in [4.69, 9.17) is 14.2 Å². The predicted octanol–water partition coefficient (Wildman–Crippen LogP) is 4.69. The Hall–Kier alpha value is -2.46. The van der Waals surface area contributed by atoms with Crippen molar-refractivity contribution in [3.63, 3.8) is 0 Å². The maximum Gasteiger partial charge on any atom is 0.443 e.